The summed E-state index contributed by atoms with van der Waals surface area (Å²) >= 11 is 0. The topological polar surface area (TPSA) is 119 Å². The summed E-state index contributed by atoms with van der Waals surface area (Å²) < 4.78 is 15.9. The van der Waals surface area contributed by atoms with E-state index in [1.807, 2.05) is 0 Å². The van der Waals surface area contributed by atoms with Crippen LogP contribution in [0, 0.1) is 0 Å². The minimum Gasteiger partial charge on any atom is -0.492 e. The zero-order valence-electron chi connectivity index (χ0n) is 15.6. The van der Waals surface area contributed by atoms with Gasteiger partial charge in [-0.05, 0) is 11.6 Å². The van der Waals surface area contributed by atoms with Gasteiger partial charge in [-0.3, -0.25) is 9.59 Å². The average Bonchev–Trinajstić information content (AvgIpc) is 2.69. The lowest BCUT2D eigenvalue weighted by Gasteiger charge is -2.18. The van der Waals surface area contributed by atoms with Crippen LogP contribution in [0.15, 0.2) is 30.3 Å². The van der Waals surface area contributed by atoms with Crippen LogP contribution in [0.3, 0.4) is 0 Å². The molecule has 0 bridgehead atoms. The van der Waals surface area contributed by atoms with Crippen molar-refractivity contribution in [3.63, 3.8) is 0 Å². The Hall–Kier alpha value is -3.55. The second-order valence-electron chi connectivity index (χ2n) is 5.77. The van der Waals surface area contributed by atoms with Crippen molar-refractivity contribution in [3.8, 4) is 28.4 Å². The van der Waals surface area contributed by atoms with E-state index in [4.69, 9.17) is 19.3 Å². The molecule has 0 aliphatic carbocycles. The molecule has 2 aromatic carbocycles. The van der Waals surface area contributed by atoms with E-state index in [2.05, 4.69) is 0 Å². The van der Waals surface area contributed by atoms with E-state index in [0.29, 0.717) is 16.7 Å². The summed E-state index contributed by atoms with van der Waals surface area (Å²) in [6.45, 7) is 0. The monoisotopic (exact) mass is 388 g/mol. The van der Waals surface area contributed by atoms with Crippen LogP contribution in [0.25, 0.3) is 11.1 Å². The predicted octanol–water partition coefficient (Wildman–Crippen LogP) is 3.13. The molecular formula is C20H20O8. The summed E-state index contributed by atoms with van der Waals surface area (Å²) in [7, 11) is 4.13. The first-order chi connectivity index (χ1) is 13.3. The molecular weight excluding hydrogens is 368 g/mol. The second kappa shape index (κ2) is 8.90. The number of carboxylic acid groups (broad SMARTS) is 2. The summed E-state index contributed by atoms with van der Waals surface area (Å²) in [6, 6.07) is 7.77. The predicted molar refractivity (Wildman–Crippen MR) is 99.7 cm³/mol. The molecule has 0 fully saturated rings. The number of carbonyl (C=O) groups is 3. The molecule has 0 aliphatic heterocycles. The minimum absolute atomic E-state index is 0.0380. The first kappa shape index (κ1) is 20.8. The number of Topliss-reactive ketones (excluding diaryl/α,β-unsaturated/α-hetero) is 1. The lowest BCUT2D eigenvalue weighted by atomic mass is 9.97. The van der Waals surface area contributed by atoms with Crippen molar-refractivity contribution in [3.05, 3.63) is 41.5 Å². The molecule has 0 atom stereocenters. The van der Waals surface area contributed by atoms with E-state index in [9.17, 15) is 19.5 Å². The Labute approximate surface area is 161 Å². The quantitative estimate of drug-likeness (QED) is 0.629. The minimum atomic E-state index is -1.19. The molecule has 2 rings (SSSR count). The molecule has 0 saturated carbocycles. The number of ether oxygens (including phenoxy) is 3. The summed E-state index contributed by atoms with van der Waals surface area (Å²) in [5.74, 6) is -2.06. The Kier molecular flexibility index (Phi) is 6.59. The van der Waals surface area contributed by atoms with Crippen LogP contribution < -0.4 is 14.2 Å². The van der Waals surface area contributed by atoms with Gasteiger partial charge in [0.05, 0.1) is 27.8 Å². The number of benzene rings is 2. The van der Waals surface area contributed by atoms with Gasteiger partial charge in [-0.2, -0.15) is 0 Å². The normalized spacial score (nSPS) is 10.2. The van der Waals surface area contributed by atoms with Crippen LogP contribution in [0.5, 0.6) is 17.2 Å². The third-order valence-electron chi connectivity index (χ3n) is 4.12. The highest BCUT2D eigenvalue weighted by Gasteiger charge is 2.25. The van der Waals surface area contributed by atoms with Gasteiger partial charge in [-0.25, -0.2) is 4.79 Å². The van der Waals surface area contributed by atoms with E-state index in [0.717, 1.165) is 0 Å². The van der Waals surface area contributed by atoms with Crippen molar-refractivity contribution in [2.24, 2.45) is 0 Å². The number of aliphatic carboxylic acids is 1. The molecule has 0 heterocycles. The maximum absolute atomic E-state index is 12.0. The smallest absolute Gasteiger partial charge is 0.339 e. The Bertz CT molecular complexity index is 899. The fourth-order valence-electron chi connectivity index (χ4n) is 2.79. The van der Waals surface area contributed by atoms with Crippen LogP contribution in [0.2, 0.25) is 0 Å². The molecule has 2 N–H and O–H groups in total. The van der Waals surface area contributed by atoms with E-state index in [1.165, 1.54) is 27.4 Å². The molecule has 0 aliphatic rings. The standard InChI is InChI=1S/C20H20O8/c1-26-17-13(10-14(20(24)25)18(27-2)19(17)28-3)11-4-6-12(7-5-11)15(21)8-9-16(22)23/h4-7,10H,8-9H2,1-3H3,(H,22,23)(H,24,25). The number of carboxylic acids is 2. The van der Waals surface area contributed by atoms with Crippen molar-refractivity contribution >= 4 is 17.7 Å². The van der Waals surface area contributed by atoms with Gasteiger partial charge in [-0.1, -0.05) is 24.3 Å². The largest absolute Gasteiger partial charge is 0.492 e. The molecule has 0 spiro atoms. The molecule has 0 unspecified atom stereocenters. The Balaban J connectivity index is 2.52. The molecule has 148 valence electrons. The summed E-state index contributed by atoms with van der Waals surface area (Å²) in [5, 5.41) is 18.2. The lowest BCUT2D eigenvalue weighted by Crippen LogP contribution is -2.06. The molecule has 0 amide bonds. The summed E-state index contributed by atoms with van der Waals surface area (Å²) in [4.78, 5) is 34.3. The molecule has 8 nitrogen and oxygen atoms in total. The Morgan fingerprint density at radius 1 is 0.821 bits per heavy atom. The van der Waals surface area contributed by atoms with Gasteiger partial charge >= 0.3 is 11.9 Å². The number of aromatic carboxylic acids is 1. The highest BCUT2D eigenvalue weighted by molar-refractivity contribution is 5.99. The van der Waals surface area contributed by atoms with Gasteiger partial charge in [0.2, 0.25) is 5.75 Å². The van der Waals surface area contributed by atoms with Crippen LogP contribution in [0.4, 0.5) is 0 Å². The van der Waals surface area contributed by atoms with Gasteiger partial charge in [-0.15, -0.1) is 0 Å². The summed E-state index contributed by atoms with van der Waals surface area (Å²) in [5.41, 5.74) is 1.30. The molecule has 0 radical (unpaired) electrons. The van der Waals surface area contributed by atoms with E-state index >= 15 is 0 Å². The fourth-order valence-corrected chi connectivity index (χ4v) is 2.79. The fraction of sp³-hybridized carbons (Fsp3) is 0.250. The molecule has 28 heavy (non-hydrogen) atoms. The van der Waals surface area contributed by atoms with Gasteiger partial charge < -0.3 is 24.4 Å². The van der Waals surface area contributed by atoms with E-state index in [-0.39, 0.29) is 41.4 Å². The average molecular weight is 388 g/mol. The zero-order valence-corrected chi connectivity index (χ0v) is 15.6. The van der Waals surface area contributed by atoms with Crippen molar-refractivity contribution in [2.75, 3.05) is 21.3 Å². The lowest BCUT2D eigenvalue weighted by molar-refractivity contribution is -0.136. The molecule has 8 heteroatoms. The van der Waals surface area contributed by atoms with Crippen LogP contribution >= 0.6 is 0 Å². The van der Waals surface area contributed by atoms with Gasteiger partial charge in [0.1, 0.15) is 5.56 Å². The van der Waals surface area contributed by atoms with Crippen LogP contribution in [-0.2, 0) is 4.79 Å². The van der Waals surface area contributed by atoms with E-state index < -0.39 is 11.9 Å². The maximum atomic E-state index is 12.0. The number of methoxy groups -OCH3 is 3. The van der Waals surface area contributed by atoms with Gasteiger partial charge in [0.15, 0.2) is 17.3 Å². The Morgan fingerprint density at radius 3 is 1.86 bits per heavy atom. The molecule has 0 aromatic heterocycles. The first-order valence-corrected chi connectivity index (χ1v) is 8.25. The van der Waals surface area contributed by atoms with Crippen molar-refractivity contribution in [1.82, 2.24) is 0 Å². The van der Waals surface area contributed by atoms with Crippen molar-refractivity contribution < 1.29 is 38.8 Å². The molecule has 0 saturated heterocycles. The van der Waals surface area contributed by atoms with Gasteiger partial charge in [0.25, 0.3) is 0 Å². The van der Waals surface area contributed by atoms with Crippen LogP contribution in [0.1, 0.15) is 33.6 Å². The van der Waals surface area contributed by atoms with Gasteiger partial charge in [0, 0.05) is 17.5 Å². The number of hydrogen-bond acceptors (Lipinski definition) is 6. The van der Waals surface area contributed by atoms with Crippen molar-refractivity contribution in [2.45, 2.75) is 12.8 Å². The third kappa shape index (κ3) is 4.22. The molecule has 2 aromatic rings. The number of hydrogen-bond donors (Lipinski definition) is 2. The van der Waals surface area contributed by atoms with E-state index in [1.54, 1.807) is 24.3 Å². The highest BCUT2D eigenvalue weighted by atomic mass is 16.5. The Morgan fingerprint density at radius 2 is 1.39 bits per heavy atom. The van der Waals surface area contributed by atoms with Crippen LogP contribution in [-0.4, -0.2) is 49.3 Å². The number of ketones is 1. The highest BCUT2D eigenvalue weighted by Crippen LogP contribution is 2.46. The maximum Gasteiger partial charge on any atom is 0.339 e. The SMILES string of the molecule is COc1c(C(=O)O)cc(-c2ccc(C(=O)CCC(=O)O)cc2)c(OC)c1OC. The van der Waals surface area contributed by atoms with Crippen molar-refractivity contribution in [1.29, 1.82) is 0 Å². The number of carbonyl (C=O) groups excluding carboxylic acids is 1. The summed E-state index contributed by atoms with van der Waals surface area (Å²) in [6.07, 6.45) is -0.344. The number of rotatable bonds is 9. The third-order valence-corrected chi connectivity index (χ3v) is 4.12. The first-order valence-electron chi connectivity index (χ1n) is 8.25. The zero-order chi connectivity index (χ0) is 20.8. The second-order valence-corrected chi connectivity index (χ2v) is 5.77.